The summed E-state index contributed by atoms with van der Waals surface area (Å²) in [6.45, 7) is 2.65. The first-order chi connectivity index (χ1) is 12.0. The highest BCUT2D eigenvalue weighted by Crippen LogP contribution is 2.28. The number of hydrogen-bond acceptors (Lipinski definition) is 4. The van der Waals surface area contributed by atoms with E-state index in [1.807, 2.05) is 37.3 Å². The lowest BCUT2D eigenvalue weighted by Gasteiger charge is -2.11. The SMILES string of the molecule is CC(C(=O)NCc1ccc(OCCCC(=O)O)cc1)c1ccc(Cl)s1. The second-order valence-electron chi connectivity index (χ2n) is 5.57. The molecule has 0 radical (unpaired) electrons. The summed E-state index contributed by atoms with van der Waals surface area (Å²) in [6.07, 6.45) is 0.565. The molecule has 0 aliphatic carbocycles. The maximum atomic E-state index is 12.2. The largest absolute Gasteiger partial charge is 0.494 e. The molecule has 0 bridgehead atoms. The smallest absolute Gasteiger partial charge is 0.303 e. The van der Waals surface area contributed by atoms with Gasteiger partial charge in [-0.05, 0) is 43.2 Å². The number of hydrogen-bond donors (Lipinski definition) is 2. The number of amides is 1. The highest BCUT2D eigenvalue weighted by Gasteiger charge is 2.16. The van der Waals surface area contributed by atoms with Crippen molar-refractivity contribution in [3.8, 4) is 5.75 Å². The van der Waals surface area contributed by atoms with Gasteiger partial charge in [0.1, 0.15) is 5.75 Å². The number of thiophene rings is 1. The van der Waals surface area contributed by atoms with Crippen LogP contribution in [0.25, 0.3) is 0 Å². The summed E-state index contributed by atoms with van der Waals surface area (Å²) in [7, 11) is 0. The molecular formula is C18H20ClNO4S. The first kappa shape index (κ1) is 19.3. The molecule has 134 valence electrons. The third-order valence-corrected chi connectivity index (χ3v) is 5.02. The van der Waals surface area contributed by atoms with E-state index in [0.717, 1.165) is 10.4 Å². The molecule has 0 saturated heterocycles. The molecule has 2 N–H and O–H groups in total. The number of carboxylic acids is 1. The highest BCUT2D eigenvalue weighted by molar-refractivity contribution is 7.16. The zero-order chi connectivity index (χ0) is 18.2. The van der Waals surface area contributed by atoms with Crippen molar-refractivity contribution in [2.24, 2.45) is 0 Å². The molecule has 0 spiro atoms. The highest BCUT2D eigenvalue weighted by atomic mass is 35.5. The summed E-state index contributed by atoms with van der Waals surface area (Å²) in [5.41, 5.74) is 0.961. The molecule has 5 nitrogen and oxygen atoms in total. The fraction of sp³-hybridized carbons (Fsp3) is 0.333. The van der Waals surface area contributed by atoms with Gasteiger partial charge in [0.2, 0.25) is 5.91 Å². The predicted octanol–water partition coefficient (Wildman–Crippen LogP) is 4.07. The zero-order valence-corrected chi connectivity index (χ0v) is 15.4. The average Bonchev–Trinajstić information content (AvgIpc) is 3.03. The average molecular weight is 382 g/mol. The third-order valence-electron chi connectivity index (χ3n) is 3.61. The molecule has 0 aliphatic heterocycles. The first-order valence-electron chi connectivity index (χ1n) is 7.92. The van der Waals surface area contributed by atoms with Gasteiger partial charge in [0, 0.05) is 17.8 Å². The number of ether oxygens (including phenoxy) is 1. The van der Waals surface area contributed by atoms with Gasteiger partial charge in [-0.25, -0.2) is 0 Å². The third kappa shape index (κ3) is 6.40. The molecule has 7 heteroatoms. The maximum absolute atomic E-state index is 12.2. The fourth-order valence-electron chi connectivity index (χ4n) is 2.15. The van der Waals surface area contributed by atoms with E-state index in [2.05, 4.69) is 5.32 Å². The molecule has 1 aromatic carbocycles. The van der Waals surface area contributed by atoms with Crippen molar-refractivity contribution < 1.29 is 19.4 Å². The Kier molecular flexibility index (Phi) is 7.28. The van der Waals surface area contributed by atoms with E-state index in [9.17, 15) is 9.59 Å². The molecule has 1 heterocycles. The van der Waals surface area contributed by atoms with Crippen LogP contribution in [0, 0.1) is 0 Å². The van der Waals surface area contributed by atoms with Crippen molar-refractivity contribution in [1.29, 1.82) is 0 Å². The Morgan fingerprint density at radius 1 is 1.24 bits per heavy atom. The van der Waals surface area contributed by atoms with Crippen LogP contribution < -0.4 is 10.1 Å². The Bertz CT molecular complexity index is 714. The van der Waals surface area contributed by atoms with Gasteiger partial charge < -0.3 is 15.2 Å². The van der Waals surface area contributed by atoms with Gasteiger partial charge in [0.25, 0.3) is 0 Å². The molecule has 0 saturated carbocycles. The Morgan fingerprint density at radius 2 is 1.96 bits per heavy atom. The number of benzene rings is 1. The van der Waals surface area contributed by atoms with Gasteiger partial charge >= 0.3 is 5.97 Å². The van der Waals surface area contributed by atoms with Crippen LogP contribution in [-0.4, -0.2) is 23.6 Å². The monoisotopic (exact) mass is 381 g/mol. The summed E-state index contributed by atoms with van der Waals surface area (Å²) in [4.78, 5) is 23.6. The number of carbonyl (C=O) groups excluding carboxylic acids is 1. The second-order valence-corrected chi connectivity index (χ2v) is 7.32. The number of aliphatic carboxylic acids is 1. The lowest BCUT2D eigenvalue weighted by Crippen LogP contribution is -2.27. The molecule has 1 amide bonds. The second kappa shape index (κ2) is 9.44. The van der Waals surface area contributed by atoms with Crippen molar-refractivity contribution in [1.82, 2.24) is 5.32 Å². The minimum absolute atomic E-state index is 0.0486. The van der Waals surface area contributed by atoms with E-state index >= 15 is 0 Å². The number of nitrogens with one attached hydrogen (secondary N) is 1. The van der Waals surface area contributed by atoms with Crippen LogP contribution in [-0.2, 0) is 16.1 Å². The molecule has 1 atom stereocenters. The minimum Gasteiger partial charge on any atom is -0.494 e. The van der Waals surface area contributed by atoms with Gasteiger partial charge in [-0.3, -0.25) is 9.59 Å². The topological polar surface area (TPSA) is 75.6 Å². The van der Waals surface area contributed by atoms with Gasteiger partial charge in [0.15, 0.2) is 0 Å². The van der Waals surface area contributed by atoms with Crippen LogP contribution in [0.15, 0.2) is 36.4 Å². The molecule has 2 aromatic rings. The molecule has 0 aliphatic rings. The first-order valence-corrected chi connectivity index (χ1v) is 9.11. The van der Waals surface area contributed by atoms with E-state index < -0.39 is 5.97 Å². The summed E-state index contributed by atoms with van der Waals surface area (Å²) < 4.78 is 6.15. The molecule has 25 heavy (non-hydrogen) atoms. The summed E-state index contributed by atoms with van der Waals surface area (Å²) in [5, 5.41) is 11.5. The van der Waals surface area contributed by atoms with E-state index in [-0.39, 0.29) is 18.2 Å². The van der Waals surface area contributed by atoms with Crippen LogP contribution in [0.4, 0.5) is 0 Å². The van der Waals surface area contributed by atoms with E-state index in [1.54, 1.807) is 6.07 Å². The van der Waals surface area contributed by atoms with Crippen LogP contribution in [0.2, 0.25) is 4.34 Å². The molecule has 1 unspecified atom stereocenters. The van der Waals surface area contributed by atoms with Crippen LogP contribution in [0.1, 0.15) is 36.1 Å². The Labute approximate surface area is 155 Å². The van der Waals surface area contributed by atoms with Crippen LogP contribution in [0.5, 0.6) is 5.75 Å². The van der Waals surface area contributed by atoms with E-state index in [1.165, 1.54) is 11.3 Å². The standard InChI is InChI=1S/C18H20ClNO4S/c1-12(15-8-9-16(19)25-15)18(23)20-11-13-4-6-14(7-5-13)24-10-2-3-17(21)22/h4-9,12H,2-3,10-11H2,1H3,(H,20,23)(H,21,22). The van der Waals surface area contributed by atoms with Gasteiger partial charge in [-0.2, -0.15) is 0 Å². The van der Waals surface area contributed by atoms with Gasteiger partial charge in [-0.1, -0.05) is 23.7 Å². The Morgan fingerprint density at radius 3 is 2.56 bits per heavy atom. The molecule has 2 rings (SSSR count). The molecular weight excluding hydrogens is 362 g/mol. The zero-order valence-electron chi connectivity index (χ0n) is 13.8. The maximum Gasteiger partial charge on any atom is 0.303 e. The predicted molar refractivity (Wildman–Crippen MR) is 98.4 cm³/mol. The molecule has 1 aromatic heterocycles. The van der Waals surface area contributed by atoms with Crippen molar-refractivity contribution in [2.75, 3.05) is 6.61 Å². The number of rotatable bonds is 9. The lowest BCUT2D eigenvalue weighted by atomic mass is 10.1. The Balaban J connectivity index is 1.77. The van der Waals surface area contributed by atoms with Crippen molar-refractivity contribution in [2.45, 2.75) is 32.2 Å². The van der Waals surface area contributed by atoms with Crippen LogP contribution >= 0.6 is 22.9 Å². The van der Waals surface area contributed by atoms with E-state index in [0.29, 0.717) is 29.7 Å². The van der Waals surface area contributed by atoms with Crippen molar-refractivity contribution in [3.05, 3.63) is 51.2 Å². The summed E-state index contributed by atoms with van der Waals surface area (Å²) in [6, 6.07) is 11.0. The molecule has 0 fully saturated rings. The lowest BCUT2D eigenvalue weighted by molar-refractivity contribution is -0.137. The van der Waals surface area contributed by atoms with Gasteiger partial charge in [0.05, 0.1) is 16.9 Å². The summed E-state index contributed by atoms with van der Waals surface area (Å²) >= 11 is 7.31. The van der Waals surface area contributed by atoms with E-state index in [4.69, 9.17) is 21.4 Å². The number of carbonyl (C=O) groups is 2. The normalized spacial score (nSPS) is 11.8. The fourth-order valence-corrected chi connectivity index (χ4v) is 3.26. The summed E-state index contributed by atoms with van der Waals surface area (Å²) in [5.74, 6) is -0.433. The Hall–Kier alpha value is -2.05. The van der Waals surface area contributed by atoms with Gasteiger partial charge in [-0.15, -0.1) is 11.3 Å². The number of halogens is 1. The minimum atomic E-state index is -0.825. The quantitative estimate of drug-likeness (QED) is 0.642. The van der Waals surface area contributed by atoms with Crippen LogP contribution in [0.3, 0.4) is 0 Å². The van der Waals surface area contributed by atoms with Crippen molar-refractivity contribution >= 4 is 34.8 Å². The van der Waals surface area contributed by atoms with Crippen molar-refractivity contribution in [3.63, 3.8) is 0 Å². The number of carboxylic acid groups (broad SMARTS) is 1.